The monoisotopic (exact) mass is 253 g/mol. The van der Waals surface area contributed by atoms with E-state index in [0.717, 1.165) is 0 Å². The van der Waals surface area contributed by atoms with E-state index in [4.69, 9.17) is 10.5 Å². The van der Waals surface area contributed by atoms with Crippen LogP contribution in [0.5, 0.6) is 11.5 Å². The van der Waals surface area contributed by atoms with Crippen LogP contribution in [0.1, 0.15) is 5.56 Å². The van der Waals surface area contributed by atoms with Crippen molar-refractivity contribution in [1.82, 2.24) is 0 Å². The molecule has 0 spiro atoms. The maximum atomic E-state index is 13.4. The molecule has 0 aliphatic rings. The van der Waals surface area contributed by atoms with Crippen molar-refractivity contribution in [2.45, 2.75) is 6.54 Å². The molecule has 0 fully saturated rings. The van der Waals surface area contributed by atoms with Gasteiger partial charge in [0.1, 0.15) is 17.3 Å². The number of hydrogen-bond acceptors (Lipinski definition) is 2. The Morgan fingerprint density at radius 3 is 2.29 bits per heavy atom. The van der Waals surface area contributed by atoms with Gasteiger partial charge in [-0.15, -0.1) is 12.4 Å². The lowest BCUT2D eigenvalue weighted by Crippen LogP contribution is -1.99. The van der Waals surface area contributed by atoms with Gasteiger partial charge in [0, 0.05) is 18.2 Å². The topological polar surface area (TPSA) is 35.2 Å². The van der Waals surface area contributed by atoms with Gasteiger partial charge in [-0.25, -0.2) is 4.39 Å². The van der Waals surface area contributed by atoms with E-state index in [1.165, 1.54) is 6.07 Å². The molecule has 0 saturated carbocycles. The van der Waals surface area contributed by atoms with Crippen LogP contribution in [-0.4, -0.2) is 0 Å². The minimum Gasteiger partial charge on any atom is -0.457 e. The Balaban J connectivity index is 0.00000144. The van der Waals surface area contributed by atoms with Crippen LogP contribution in [0.15, 0.2) is 48.5 Å². The first kappa shape index (κ1) is 13.5. The van der Waals surface area contributed by atoms with Crippen LogP contribution in [0.3, 0.4) is 0 Å². The number of ether oxygens (including phenoxy) is 1. The number of para-hydroxylation sites is 1. The predicted octanol–water partition coefficient (Wildman–Crippen LogP) is 3.50. The Morgan fingerprint density at radius 1 is 1.00 bits per heavy atom. The summed E-state index contributed by atoms with van der Waals surface area (Å²) in [5.74, 6) is 0.819. The Morgan fingerprint density at radius 2 is 1.71 bits per heavy atom. The number of rotatable bonds is 3. The Hall–Kier alpha value is -1.58. The van der Waals surface area contributed by atoms with Crippen molar-refractivity contribution in [2.75, 3.05) is 0 Å². The van der Waals surface area contributed by atoms with E-state index in [9.17, 15) is 4.39 Å². The van der Waals surface area contributed by atoms with Gasteiger partial charge < -0.3 is 10.5 Å². The van der Waals surface area contributed by atoms with Crippen LogP contribution < -0.4 is 10.5 Å². The summed E-state index contributed by atoms with van der Waals surface area (Å²) in [5, 5.41) is 0. The van der Waals surface area contributed by atoms with Gasteiger partial charge in [-0.05, 0) is 18.2 Å². The maximum Gasteiger partial charge on any atom is 0.131 e. The van der Waals surface area contributed by atoms with Gasteiger partial charge in [0.25, 0.3) is 0 Å². The molecule has 0 amide bonds. The summed E-state index contributed by atoms with van der Waals surface area (Å²) in [6, 6.07) is 13.9. The van der Waals surface area contributed by atoms with Gasteiger partial charge >= 0.3 is 0 Å². The summed E-state index contributed by atoms with van der Waals surface area (Å²) < 4.78 is 18.9. The Kier molecular flexibility index (Phi) is 4.94. The molecule has 0 radical (unpaired) electrons. The van der Waals surface area contributed by atoms with E-state index in [2.05, 4.69) is 0 Å². The van der Waals surface area contributed by atoms with Gasteiger partial charge in [-0.3, -0.25) is 0 Å². The van der Waals surface area contributed by atoms with Gasteiger partial charge in [0.05, 0.1) is 0 Å². The molecule has 2 N–H and O–H groups in total. The van der Waals surface area contributed by atoms with Crippen molar-refractivity contribution in [3.63, 3.8) is 0 Å². The first-order chi connectivity index (χ1) is 7.79. The van der Waals surface area contributed by atoms with Crippen LogP contribution in [0.25, 0.3) is 0 Å². The highest BCUT2D eigenvalue weighted by Crippen LogP contribution is 2.22. The third kappa shape index (κ3) is 3.44. The minimum atomic E-state index is -0.337. The molecule has 2 rings (SSSR count). The third-order valence-corrected chi connectivity index (χ3v) is 2.22. The smallest absolute Gasteiger partial charge is 0.131 e. The standard InChI is InChI=1S/C13H12FNO.ClH/c14-13-8-12(7-6-10(13)9-15)16-11-4-2-1-3-5-11;/h1-8H,9,15H2;1H. The van der Waals surface area contributed by atoms with Gasteiger partial charge in [0.15, 0.2) is 0 Å². The molecule has 0 aliphatic heterocycles. The van der Waals surface area contributed by atoms with Crippen molar-refractivity contribution < 1.29 is 9.13 Å². The third-order valence-electron chi connectivity index (χ3n) is 2.22. The molecule has 0 aromatic heterocycles. The Bertz CT molecular complexity index is 476. The van der Waals surface area contributed by atoms with Crippen molar-refractivity contribution in [3.8, 4) is 11.5 Å². The molecule has 2 aromatic rings. The van der Waals surface area contributed by atoms with Crippen LogP contribution >= 0.6 is 12.4 Å². The second-order valence-corrected chi connectivity index (χ2v) is 3.37. The van der Waals surface area contributed by atoms with E-state index in [0.29, 0.717) is 17.1 Å². The van der Waals surface area contributed by atoms with Crippen molar-refractivity contribution in [3.05, 3.63) is 59.9 Å². The fraction of sp³-hybridized carbons (Fsp3) is 0.0769. The number of nitrogens with two attached hydrogens (primary N) is 1. The summed E-state index contributed by atoms with van der Waals surface area (Å²) in [4.78, 5) is 0. The number of benzene rings is 2. The summed E-state index contributed by atoms with van der Waals surface area (Å²) in [7, 11) is 0. The normalized spacial score (nSPS) is 9.53. The van der Waals surface area contributed by atoms with Gasteiger partial charge in [0.2, 0.25) is 0 Å². The molecule has 90 valence electrons. The molecule has 4 heteroatoms. The zero-order valence-corrected chi connectivity index (χ0v) is 9.91. The summed E-state index contributed by atoms with van der Waals surface area (Å²) >= 11 is 0. The van der Waals surface area contributed by atoms with E-state index >= 15 is 0 Å². The highest BCUT2D eigenvalue weighted by Gasteiger charge is 2.03. The highest BCUT2D eigenvalue weighted by atomic mass is 35.5. The van der Waals surface area contributed by atoms with Crippen molar-refractivity contribution in [2.24, 2.45) is 5.73 Å². The highest BCUT2D eigenvalue weighted by molar-refractivity contribution is 5.85. The largest absolute Gasteiger partial charge is 0.457 e. The maximum absolute atomic E-state index is 13.4. The molecule has 2 aromatic carbocycles. The summed E-state index contributed by atoms with van der Waals surface area (Å²) in [6.45, 7) is 0.192. The SMILES string of the molecule is Cl.NCc1ccc(Oc2ccccc2)cc1F. The average Bonchev–Trinajstić information content (AvgIpc) is 2.31. The molecule has 0 atom stereocenters. The Labute approximate surface area is 106 Å². The van der Waals surface area contributed by atoms with E-state index in [1.54, 1.807) is 12.1 Å². The molecule has 0 aliphatic carbocycles. The lowest BCUT2D eigenvalue weighted by Gasteiger charge is -2.06. The van der Waals surface area contributed by atoms with Crippen LogP contribution in [0, 0.1) is 5.82 Å². The quantitative estimate of drug-likeness (QED) is 0.909. The first-order valence-corrected chi connectivity index (χ1v) is 5.01. The molecular weight excluding hydrogens is 241 g/mol. The van der Waals surface area contributed by atoms with E-state index < -0.39 is 0 Å². The lowest BCUT2D eigenvalue weighted by molar-refractivity contribution is 0.475. The van der Waals surface area contributed by atoms with E-state index in [-0.39, 0.29) is 24.8 Å². The molecule has 0 unspecified atom stereocenters. The fourth-order valence-corrected chi connectivity index (χ4v) is 1.38. The van der Waals surface area contributed by atoms with Crippen LogP contribution in [0.2, 0.25) is 0 Å². The molecule has 0 saturated heterocycles. The molecular formula is C13H13ClFNO. The fourth-order valence-electron chi connectivity index (χ4n) is 1.38. The lowest BCUT2D eigenvalue weighted by atomic mass is 10.2. The second-order valence-electron chi connectivity index (χ2n) is 3.37. The first-order valence-electron chi connectivity index (χ1n) is 5.01. The molecule has 17 heavy (non-hydrogen) atoms. The zero-order valence-electron chi connectivity index (χ0n) is 9.10. The number of halogens is 2. The molecule has 0 bridgehead atoms. The molecule has 2 nitrogen and oxygen atoms in total. The minimum absolute atomic E-state index is 0. The zero-order chi connectivity index (χ0) is 11.4. The van der Waals surface area contributed by atoms with Crippen molar-refractivity contribution >= 4 is 12.4 Å². The van der Waals surface area contributed by atoms with Gasteiger partial charge in [-0.1, -0.05) is 24.3 Å². The average molecular weight is 254 g/mol. The van der Waals surface area contributed by atoms with Gasteiger partial charge in [-0.2, -0.15) is 0 Å². The summed E-state index contributed by atoms with van der Waals surface area (Å²) in [6.07, 6.45) is 0. The van der Waals surface area contributed by atoms with Crippen LogP contribution in [-0.2, 0) is 6.54 Å². The van der Waals surface area contributed by atoms with E-state index in [1.807, 2.05) is 30.3 Å². The van der Waals surface area contributed by atoms with Crippen LogP contribution in [0.4, 0.5) is 4.39 Å². The summed E-state index contributed by atoms with van der Waals surface area (Å²) in [5.41, 5.74) is 5.86. The van der Waals surface area contributed by atoms with Crippen molar-refractivity contribution in [1.29, 1.82) is 0 Å². The second kappa shape index (κ2) is 6.23. The predicted molar refractivity (Wildman–Crippen MR) is 68.1 cm³/mol. The molecule has 0 heterocycles. The number of hydrogen-bond donors (Lipinski definition) is 1.